The van der Waals surface area contributed by atoms with Crippen molar-refractivity contribution in [3.8, 4) is 5.75 Å². The molecular formula is C14H22ClN3O. The smallest absolute Gasteiger partial charge is 0.188 e. The SMILES string of the molecule is CC(C)CN=C(N)NCC(C)Oc1cccc(Cl)c1. The molecule has 19 heavy (non-hydrogen) atoms. The normalized spacial score (nSPS) is 13.4. The Kier molecular flexibility index (Phi) is 6.50. The van der Waals surface area contributed by atoms with E-state index in [2.05, 4.69) is 24.2 Å². The average Bonchev–Trinajstić information content (AvgIpc) is 2.34. The lowest BCUT2D eigenvalue weighted by Gasteiger charge is -2.16. The lowest BCUT2D eigenvalue weighted by Crippen LogP contribution is -2.38. The fourth-order valence-electron chi connectivity index (χ4n) is 1.40. The number of benzene rings is 1. The van der Waals surface area contributed by atoms with E-state index >= 15 is 0 Å². The number of nitrogens with two attached hydrogens (primary N) is 1. The summed E-state index contributed by atoms with van der Waals surface area (Å²) in [5, 5.41) is 3.71. The summed E-state index contributed by atoms with van der Waals surface area (Å²) in [5.74, 6) is 1.70. The van der Waals surface area contributed by atoms with Crippen molar-refractivity contribution in [2.45, 2.75) is 26.9 Å². The lowest BCUT2D eigenvalue weighted by atomic mass is 10.2. The predicted octanol–water partition coefficient (Wildman–Crippen LogP) is 2.67. The number of guanidine groups is 1. The van der Waals surface area contributed by atoms with Crippen LogP contribution in [0.3, 0.4) is 0 Å². The van der Waals surface area contributed by atoms with E-state index in [0.29, 0.717) is 23.4 Å². The van der Waals surface area contributed by atoms with Gasteiger partial charge in [0.2, 0.25) is 0 Å². The number of halogens is 1. The van der Waals surface area contributed by atoms with Crippen LogP contribution in [0.1, 0.15) is 20.8 Å². The van der Waals surface area contributed by atoms with Crippen LogP contribution in [-0.4, -0.2) is 25.2 Å². The van der Waals surface area contributed by atoms with E-state index < -0.39 is 0 Å². The quantitative estimate of drug-likeness (QED) is 0.623. The van der Waals surface area contributed by atoms with Crippen molar-refractivity contribution in [3.63, 3.8) is 0 Å². The van der Waals surface area contributed by atoms with Gasteiger partial charge in [-0.3, -0.25) is 4.99 Å². The van der Waals surface area contributed by atoms with Crippen LogP contribution < -0.4 is 15.8 Å². The molecule has 1 rings (SSSR count). The third-order valence-electron chi connectivity index (χ3n) is 2.33. The van der Waals surface area contributed by atoms with Crippen LogP contribution in [0, 0.1) is 5.92 Å². The number of hydrogen-bond donors (Lipinski definition) is 2. The second kappa shape index (κ2) is 7.89. The van der Waals surface area contributed by atoms with E-state index in [9.17, 15) is 0 Å². The zero-order valence-corrected chi connectivity index (χ0v) is 12.4. The lowest BCUT2D eigenvalue weighted by molar-refractivity contribution is 0.224. The summed E-state index contributed by atoms with van der Waals surface area (Å²) < 4.78 is 5.71. The van der Waals surface area contributed by atoms with Crippen LogP contribution in [0.2, 0.25) is 5.02 Å². The first-order valence-corrected chi connectivity index (χ1v) is 6.81. The number of nitrogens with one attached hydrogen (secondary N) is 1. The maximum atomic E-state index is 5.89. The molecule has 0 saturated carbocycles. The highest BCUT2D eigenvalue weighted by molar-refractivity contribution is 6.30. The number of rotatable bonds is 6. The molecule has 0 amide bonds. The minimum absolute atomic E-state index is 0.0220. The zero-order valence-electron chi connectivity index (χ0n) is 11.7. The Balaban J connectivity index is 2.35. The standard InChI is InChI=1S/C14H22ClN3O/c1-10(2)8-17-14(16)18-9-11(3)19-13-6-4-5-12(15)7-13/h4-7,10-11H,8-9H2,1-3H3,(H3,16,17,18). The van der Waals surface area contributed by atoms with Crippen molar-refractivity contribution in [1.82, 2.24) is 5.32 Å². The number of ether oxygens (including phenoxy) is 1. The van der Waals surface area contributed by atoms with Crippen LogP contribution in [0.25, 0.3) is 0 Å². The number of aliphatic imine (C=N–C) groups is 1. The highest BCUT2D eigenvalue weighted by Gasteiger charge is 2.05. The molecule has 0 aliphatic carbocycles. The summed E-state index contributed by atoms with van der Waals surface area (Å²) in [7, 11) is 0. The van der Waals surface area contributed by atoms with Crippen molar-refractivity contribution >= 4 is 17.6 Å². The van der Waals surface area contributed by atoms with Crippen molar-refractivity contribution in [2.75, 3.05) is 13.1 Å². The molecule has 5 heteroatoms. The van der Waals surface area contributed by atoms with Crippen LogP contribution in [0.5, 0.6) is 5.75 Å². The van der Waals surface area contributed by atoms with Crippen LogP contribution >= 0.6 is 11.6 Å². The second-order valence-corrected chi connectivity index (χ2v) is 5.32. The van der Waals surface area contributed by atoms with Gasteiger partial charge < -0.3 is 15.8 Å². The largest absolute Gasteiger partial charge is 0.489 e. The fourth-order valence-corrected chi connectivity index (χ4v) is 1.58. The molecule has 0 radical (unpaired) electrons. The summed E-state index contributed by atoms with van der Waals surface area (Å²) in [4.78, 5) is 4.22. The summed E-state index contributed by atoms with van der Waals surface area (Å²) >= 11 is 5.89. The highest BCUT2D eigenvalue weighted by atomic mass is 35.5. The molecule has 1 unspecified atom stereocenters. The molecule has 0 saturated heterocycles. The first-order chi connectivity index (χ1) is 8.97. The zero-order chi connectivity index (χ0) is 14.3. The first kappa shape index (κ1) is 15.6. The van der Waals surface area contributed by atoms with E-state index in [1.165, 1.54) is 0 Å². The maximum Gasteiger partial charge on any atom is 0.188 e. The van der Waals surface area contributed by atoms with Gasteiger partial charge in [-0.25, -0.2) is 0 Å². The molecular weight excluding hydrogens is 262 g/mol. The highest BCUT2D eigenvalue weighted by Crippen LogP contribution is 2.18. The Labute approximate surface area is 120 Å². The van der Waals surface area contributed by atoms with E-state index in [1.54, 1.807) is 6.07 Å². The van der Waals surface area contributed by atoms with Gasteiger partial charge in [0.25, 0.3) is 0 Å². The number of hydrogen-bond acceptors (Lipinski definition) is 2. The molecule has 0 heterocycles. The maximum absolute atomic E-state index is 5.89. The van der Waals surface area contributed by atoms with Crippen LogP contribution in [-0.2, 0) is 0 Å². The molecule has 0 aromatic heterocycles. The third-order valence-corrected chi connectivity index (χ3v) is 2.57. The summed E-state index contributed by atoms with van der Waals surface area (Å²) in [6.45, 7) is 7.48. The molecule has 1 aromatic carbocycles. The summed E-state index contributed by atoms with van der Waals surface area (Å²) in [6.07, 6.45) is -0.0220. The fraction of sp³-hybridized carbons (Fsp3) is 0.500. The minimum Gasteiger partial charge on any atom is -0.489 e. The van der Waals surface area contributed by atoms with Crippen molar-refractivity contribution in [3.05, 3.63) is 29.3 Å². The van der Waals surface area contributed by atoms with Gasteiger partial charge in [0.05, 0.1) is 6.54 Å². The Hall–Kier alpha value is -1.42. The Morgan fingerprint density at radius 3 is 2.79 bits per heavy atom. The Morgan fingerprint density at radius 2 is 2.16 bits per heavy atom. The minimum atomic E-state index is -0.0220. The number of nitrogens with zero attached hydrogens (tertiary/aromatic N) is 1. The Morgan fingerprint density at radius 1 is 1.42 bits per heavy atom. The van der Waals surface area contributed by atoms with E-state index in [0.717, 1.165) is 12.3 Å². The van der Waals surface area contributed by atoms with Crippen molar-refractivity contribution in [2.24, 2.45) is 16.6 Å². The summed E-state index contributed by atoms with van der Waals surface area (Å²) in [5.41, 5.74) is 5.75. The molecule has 3 N–H and O–H groups in total. The van der Waals surface area contributed by atoms with E-state index in [1.807, 2.05) is 25.1 Å². The monoisotopic (exact) mass is 283 g/mol. The molecule has 0 fully saturated rings. The van der Waals surface area contributed by atoms with Gasteiger partial charge in [-0.1, -0.05) is 31.5 Å². The molecule has 0 spiro atoms. The molecule has 4 nitrogen and oxygen atoms in total. The van der Waals surface area contributed by atoms with Gasteiger partial charge in [0.15, 0.2) is 5.96 Å². The van der Waals surface area contributed by atoms with Gasteiger partial charge in [0, 0.05) is 11.6 Å². The molecule has 0 bridgehead atoms. The van der Waals surface area contributed by atoms with E-state index in [-0.39, 0.29) is 6.10 Å². The molecule has 0 aliphatic heterocycles. The molecule has 106 valence electrons. The van der Waals surface area contributed by atoms with Gasteiger partial charge in [0.1, 0.15) is 11.9 Å². The topological polar surface area (TPSA) is 59.6 Å². The van der Waals surface area contributed by atoms with Gasteiger partial charge in [-0.2, -0.15) is 0 Å². The van der Waals surface area contributed by atoms with Gasteiger partial charge in [-0.05, 0) is 31.0 Å². The third kappa shape index (κ3) is 6.91. The van der Waals surface area contributed by atoms with Crippen molar-refractivity contribution < 1.29 is 4.74 Å². The first-order valence-electron chi connectivity index (χ1n) is 6.43. The van der Waals surface area contributed by atoms with Gasteiger partial charge >= 0.3 is 0 Å². The molecule has 1 atom stereocenters. The molecule has 1 aromatic rings. The predicted molar refractivity (Wildman–Crippen MR) is 80.9 cm³/mol. The van der Waals surface area contributed by atoms with Gasteiger partial charge in [-0.15, -0.1) is 0 Å². The van der Waals surface area contributed by atoms with E-state index in [4.69, 9.17) is 22.1 Å². The second-order valence-electron chi connectivity index (χ2n) is 4.89. The Bertz CT molecular complexity index is 421. The van der Waals surface area contributed by atoms with Crippen LogP contribution in [0.4, 0.5) is 0 Å². The van der Waals surface area contributed by atoms with Crippen LogP contribution in [0.15, 0.2) is 29.3 Å². The van der Waals surface area contributed by atoms with Crippen molar-refractivity contribution in [1.29, 1.82) is 0 Å². The molecule has 0 aliphatic rings. The average molecular weight is 284 g/mol. The summed E-state index contributed by atoms with van der Waals surface area (Å²) in [6, 6.07) is 7.33.